The van der Waals surface area contributed by atoms with Crippen molar-refractivity contribution in [1.29, 1.82) is 0 Å². The summed E-state index contributed by atoms with van der Waals surface area (Å²) in [5.41, 5.74) is -1.02. The molecule has 1 aliphatic heterocycles. The Kier molecular flexibility index (Phi) is 7.95. The maximum atomic E-state index is 13.6. The number of para-hydroxylation sites is 2. The van der Waals surface area contributed by atoms with E-state index in [4.69, 9.17) is 18.5 Å². The number of aromatic nitrogens is 2. The fraction of sp³-hybridized carbons (Fsp3) is 0.238. The molecule has 1 fully saturated rings. The first kappa shape index (κ1) is 24.5. The van der Waals surface area contributed by atoms with Gasteiger partial charge in [0.2, 0.25) is 0 Å². The van der Waals surface area contributed by atoms with E-state index in [0.717, 1.165) is 0 Å². The third kappa shape index (κ3) is 6.27. The summed E-state index contributed by atoms with van der Waals surface area (Å²) >= 11 is 4.00. The van der Waals surface area contributed by atoms with Gasteiger partial charge in [0, 0.05) is 12.6 Å². The molecule has 12 heteroatoms. The number of aromatic amines is 1. The Bertz CT molecular complexity index is 1210. The Hall–Kier alpha value is -1.67. The molecular formula is C21H19I2N2O7P. The Morgan fingerprint density at radius 1 is 1.03 bits per heavy atom. The molecule has 0 spiro atoms. The number of hydrogen-bond acceptors (Lipinski definition) is 7. The highest BCUT2D eigenvalue weighted by Crippen LogP contribution is 2.49. The first-order valence-corrected chi connectivity index (χ1v) is 13.9. The second kappa shape index (κ2) is 10.7. The van der Waals surface area contributed by atoms with Gasteiger partial charge in [-0.15, -0.1) is 0 Å². The number of nitrogens with zero attached hydrogens (tertiary/aromatic N) is 1. The molecular weight excluding hydrogens is 677 g/mol. The highest BCUT2D eigenvalue weighted by atomic mass is 127. The molecule has 3 atom stereocenters. The minimum Gasteiger partial charge on any atom is -0.415 e. The molecule has 2 aromatic carbocycles. The van der Waals surface area contributed by atoms with Crippen LogP contribution in [0.15, 0.2) is 76.4 Å². The van der Waals surface area contributed by atoms with Gasteiger partial charge in [-0.25, -0.2) is 9.36 Å². The normalized spacial score (nSPS) is 20.5. The lowest BCUT2D eigenvalue weighted by Gasteiger charge is -2.23. The van der Waals surface area contributed by atoms with Gasteiger partial charge in [-0.2, -0.15) is 0 Å². The van der Waals surface area contributed by atoms with Crippen LogP contribution in [0.2, 0.25) is 0 Å². The number of rotatable bonds is 8. The summed E-state index contributed by atoms with van der Waals surface area (Å²) in [5.74, 6) is 0.761. The van der Waals surface area contributed by atoms with E-state index in [1.165, 1.54) is 10.8 Å². The average molecular weight is 696 g/mol. The number of hydrogen-bond donors (Lipinski definition) is 1. The van der Waals surface area contributed by atoms with Crippen molar-refractivity contribution in [2.45, 2.75) is 22.9 Å². The summed E-state index contributed by atoms with van der Waals surface area (Å²) in [6.45, 7) is 0. The van der Waals surface area contributed by atoms with Crippen LogP contribution in [-0.2, 0) is 14.0 Å². The topological polar surface area (TPSA) is 109 Å². The summed E-state index contributed by atoms with van der Waals surface area (Å²) < 4.78 is 38.3. The molecule has 174 valence electrons. The maximum absolute atomic E-state index is 13.6. The third-order valence-electron chi connectivity index (χ3n) is 4.62. The molecule has 1 saturated heterocycles. The van der Waals surface area contributed by atoms with E-state index in [1.807, 2.05) is 34.7 Å². The summed E-state index contributed by atoms with van der Waals surface area (Å²) in [7, 11) is -3.78. The van der Waals surface area contributed by atoms with Crippen molar-refractivity contribution in [2.75, 3.05) is 6.35 Å². The van der Waals surface area contributed by atoms with Crippen LogP contribution in [0.1, 0.15) is 12.6 Å². The van der Waals surface area contributed by atoms with E-state index in [-0.39, 0.29) is 10.3 Å². The highest BCUT2D eigenvalue weighted by Gasteiger charge is 2.39. The van der Waals surface area contributed by atoms with Gasteiger partial charge in [0.15, 0.2) is 12.6 Å². The maximum Gasteiger partial charge on any atom is 0.456 e. The van der Waals surface area contributed by atoms with Gasteiger partial charge in [-0.05, 0) is 46.9 Å². The lowest BCUT2D eigenvalue weighted by atomic mass is 10.3. The molecule has 3 aromatic rings. The Morgan fingerprint density at radius 2 is 1.61 bits per heavy atom. The number of benzene rings is 2. The van der Waals surface area contributed by atoms with Crippen molar-refractivity contribution < 1.29 is 23.1 Å². The van der Waals surface area contributed by atoms with Gasteiger partial charge in [0.1, 0.15) is 17.7 Å². The minimum atomic E-state index is -3.78. The van der Waals surface area contributed by atoms with Crippen molar-refractivity contribution in [3.8, 4) is 11.5 Å². The van der Waals surface area contributed by atoms with Gasteiger partial charge in [-0.1, -0.05) is 59.0 Å². The van der Waals surface area contributed by atoms with Crippen molar-refractivity contribution in [3.05, 3.63) is 91.3 Å². The van der Waals surface area contributed by atoms with Crippen molar-refractivity contribution in [2.24, 2.45) is 0 Å². The molecule has 0 saturated carbocycles. The van der Waals surface area contributed by atoms with E-state index in [9.17, 15) is 14.2 Å². The molecule has 1 N–H and O–H groups in total. The van der Waals surface area contributed by atoms with Gasteiger partial charge in [0.05, 0.1) is 7.49 Å². The molecule has 2 heterocycles. The van der Waals surface area contributed by atoms with E-state index < -0.39 is 31.4 Å². The van der Waals surface area contributed by atoms with E-state index in [1.54, 1.807) is 48.5 Å². The first-order chi connectivity index (χ1) is 15.8. The number of H-pyrrole nitrogens is 1. The number of ether oxygens (including phenoxy) is 2. The number of halogens is 2. The second-order valence-corrected chi connectivity index (χ2v) is 11.7. The number of nitrogens with one attached hydrogen (secondary N) is 1. The van der Waals surface area contributed by atoms with Gasteiger partial charge < -0.3 is 18.5 Å². The first-order valence-electron chi connectivity index (χ1n) is 9.83. The molecule has 0 radical (unpaired) electrons. The molecule has 33 heavy (non-hydrogen) atoms. The SMILES string of the molecule is O=c1[nH]c(=O)n([C@H]2C[C@H](I)[C@@H](OCP(=O)(Oc3ccccc3)Oc3ccccc3)O2)cc1I. The van der Waals surface area contributed by atoms with Crippen molar-refractivity contribution in [3.63, 3.8) is 0 Å². The monoisotopic (exact) mass is 696 g/mol. The van der Waals surface area contributed by atoms with Gasteiger partial charge in [-0.3, -0.25) is 14.3 Å². The van der Waals surface area contributed by atoms with Crippen LogP contribution < -0.4 is 20.3 Å². The van der Waals surface area contributed by atoms with Crippen LogP contribution in [-0.4, -0.2) is 26.1 Å². The van der Waals surface area contributed by atoms with E-state index in [0.29, 0.717) is 21.5 Å². The van der Waals surface area contributed by atoms with Gasteiger partial charge in [0.25, 0.3) is 5.56 Å². The van der Waals surface area contributed by atoms with Crippen LogP contribution in [0, 0.1) is 3.57 Å². The van der Waals surface area contributed by atoms with Crippen molar-refractivity contribution in [1.82, 2.24) is 9.55 Å². The van der Waals surface area contributed by atoms with Crippen LogP contribution >= 0.6 is 52.8 Å². The summed E-state index contributed by atoms with van der Waals surface area (Å²) in [4.78, 5) is 26.1. The molecule has 9 nitrogen and oxygen atoms in total. The zero-order valence-electron chi connectivity index (χ0n) is 17.0. The van der Waals surface area contributed by atoms with E-state index in [2.05, 4.69) is 27.6 Å². The third-order valence-corrected chi connectivity index (χ3v) is 7.93. The predicted molar refractivity (Wildman–Crippen MR) is 138 cm³/mol. The summed E-state index contributed by atoms with van der Waals surface area (Å²) in [6, 6.07) is 17.4. The molecule has 0 amide bonds. The molecule has 0 unspecified atom stereocenters. The molecule has 0 bridgehead atoms. The largest absolute Gasteiger partial charge is 0.456 e. The molecule has 4 rings (SSSR count). The molecule has 1 aliphatic rings. The zero-order chi connectivity index (χ0) is 23.4. The lowest BCUT2D eigenvalue weighted by Crippen LogP contribution is -2.33. The second-order valence-electron chi connectivity index (χ2n) is 7.07. The number of alkyl halides is 1. The Morgan fingerprint density at radius 3 is 2.18 bits per heavy atom. The lowest BCUT2D eigenvalue weighted by molar-refractivity contribution is -0.138. The average Bonchev–Trinajstić information content (AvgIpc) is 3.16. The molecule has 1 aromatic heterocycles. The van der Waals surface area contributed by atoms with Crippen LogP contribution in [0.3, 0.4) is 0 Å². The van der Waals surface area contributed by atoms with Crippen LogP contribution in [0.4, 0.5) is 0 Å². The smallest absolute Gasteiger partial charge is 0.415 e. The summed E-state index contributed by atoms with van der Waals surface area (Å²) in [5, 5.41) is 0. The Balaban J connectivity index is 1.49. The van der Waals surface area contributed by atoms with Gasteiger partial charge >= 0.3 is 13.3 Å². The van der Waals surface area contributed by atoms with E-state index >= 15 is 0 Å². The highest BCUT2D eigenvalue weighted by molar-refractivity contribution is 14.1. The molecule has 0 aliphatic carbocycles. The van der Waals surface area contributed by atoms with Crippen LogP contribution in [0.25, 0.3) is 0 Å². The fourth-order valence-electron chi connectivity index (χ4n) is 3.12. The fourth-order valence-corrected chi connectivity index (χ4v) is 5.72. The quantitative estimate of drug-likeness (QED) is 0.210. The summed E-state index contributed by atoms with van der Waals surface area (Å²) in [6.07, 6.45) is 0.126. The van der Waals surface area contributed by atoms with Crippen LogP contribution in [0.5, 0.6) is 11.5 Å². The van der Waals surface area contributed by atoms with Crippen molar-refractivity contribution >= 4 is 52.8 Å². The predicted octanol–water partition coefficient (Wildman–Crippen LogP) is 4.52. The zero-order valence-corrected chi connectivity index (χ0v) is 22.2. The minimum absolute atomic E-state index is 0.147. The Labute approximate surface area is 216 Å². The standard InChI is InChI=1S/C21H19I2N2O7P/c22-16-11-18(25-12-17(23)19(26)24-21(25)27)30-20(16)29-13-33(28,31-14-7-3-1-4-8-14)32-15-9-5-2-6-10-15/h1-10,12,16,18,20H,11,13H2,(H,24,26,27)/t16-,18+,20-/m0/s1.